The van der Waals surface area contributed by atoms with Gasteiger partial charge in [-0.05, 0) is 37.8 Å². The molecule has 2 fully saturated rings. The number of aliphatic carboxylic acids is 2. The van der Waals surface area contributed by atoms with E-state index in [0.717, 1.165) is 36.3 Å². The maximum Gasteiger partial charge on any atom is 0.490 e. The van der Waals surface area contributed by atoms with Crippen molar-refractivity contribution in [2.24, 2.45) is 11.3 Å². The third kappa shape index (κ3) is 9.83. The van der Waals surface area contributed by atoms with Gasteiger partial charge in [0.05, 0.1) is 29.6 Å². The van der Waals surface area contributed by atoms with E-state index in [1.165, 1.54) is 31.5 Å². The van der Waals surface area contributed by atoms with Crippen LogP contribution < -0.4 is 0 Å². The van der Waals surface area contributed by atoms with Crippen LogP contribution in [0.3, 0.4) is 0 Å². The minimum absolute atomic E-state index is 0.347. The number of hydrogen-bond acceptors (Lipinski definition) is 7. The number of alkyl halides is 6. The topological polar surface area (TPSA) is 113 Å². The molecule has 38 heavy (non-hydrogen) atoms. The Morgan fingerprint density at radius 2 is 1.76 bits per heavy atom. The van der Waals surface area contributed by atoms with Crippen LogP contribution in [0.1, 0.15) is 35.7 Å². The van der Waals surface area contributed by atoms with Gasteiger partial charge in [-0.3, -0.25) is 9.88 Å². The second-order valence-corrected chi connectivity index (χ2v) is 9.96. The van der Waals surface area contributed by atoms with Gasteiger partial charge >= 0.3 is 24.3 Å². The maximum absolute atomic E-state index is 10.6. The second-order valence-electron chi connectivity index (χ2n) is 8.90. The molecule has 2 aliphatic rings. The van der Waals surface area contributed by atoms with Crippen LogP contribution in [0.25, 0.3) is 0 Å². The number of thiazole rings is 1. The number of aryl methyl sites for hydroxylation is 1. The summed E-state index contributed by atoms with van der Waals surface area (Å²) in [5, 5.41) is 17.5. The predicted octanol–water partition coefficient (Wildman–Crippen LogP) is 4.93. The molecule has 1 saturated carbocycles. The third-order valence-corrected chi connectivity index (χ3v) is 6.84. The van der Waals surface area contributed by atoms with Gasteiger partial charge < -0.3 is 14.9 Å². The number of ether oxygens (including phenoxy) is 1. The van der Waals surface area contributed by atoms with Crippen molar-refractivity contribution in [2.75, 3.05) is 19.7 Å². The van der Waals surface area contributed by atoms with Gasteiger partial charge in [0.2, 0.25) is 0 Å². The summed E-state index contributed by atoms with van der Waals surface area (Å²) < 4.78 is 69.6. The van der Waals surface area contributed by atoms with E-state index < -0.39 is 24.3 Å². The summed E-state index contributed by atoms with van der Waals surface area (Å²) in [4.78, 5) is 29.4. The summed E-state index contributed by atoms with van der Waals surface area (Å²) in [5.74, 6) is -4.74. The molecule has 0 unspecified atom stereocenters. The normalized spacial score (nSPS) is 21.1. The van der Waals surface area contributed by atoms with Crippen molar-refractivity contribution in [1.82, 2.24) is 14.9 Å². The number of fused-ring (bicyclic) bond motifs is 1. The van der Waals surface area contributed by atoms with Gasteiger partial charge in [0.15, 0.2) is 0 Å². The number of carbonyl (C=O) groups is 2. The molecule has 0 bridgehead atoms. The molecular weight excluding hydrogens is 544 g/mol. The van der Waals surface area contributed by atoms with Crippen molar-refractivity contribution in [2.45, 2.75) is 51.7 Å². The first kappa shape index (κ1) is 31.4. The Kier molecular flexibility index (Phi) is 11.0. The fourth-order valence-electron chi connectivity index (χ4n) is 4.44. The monoisotopic (exact) mass is 571 g/mol. The predicted molar refractivity (Wildman–Crippen MR) is 123 cm³/mol. The molecule has 212 valence electrons. The Hall–Kier alpha value is -2.78. The number of carboxylic acid groups (broad SMARTS) is 2. The van der Waals surface area contributed by atoms with Crippen molar-refractivity contribution in [3.05, 3.63) is 46.2 Å². The van der Waals surface area contributed by atoms with Crippen LogP contribution in [0.15, 0.2) is 29.8 Å². The van der Waals surface area contributed by atoms with E-state index in [9.17, 15) is 26.3 Å². The van der Waals surface area contributed by atoms with Crippen LogP contribution in [0.2, 0.25) is 0 Å². The summed E-state index contributed by atoms with van der Waals surface area (Å²) in [6.07, 6.45) is -4.29. The van der Waals surface area contributed by atoms with E-state index >= 15 is 0 Å². The molecule has 1 aliphatic heterocycles. The molecule has 2 aromatic rings. The highest BCUT2D eigenvalue weighted by Gasteiger charge is 2.49. The second kappa shape index (κ2) is 13.3. The summed E-state index contributed by atoms with van der Waals surface area (Å²) in [6, 6.07) is 6.19. The summed E-state index contributed by atoms with van der Waals surface area (Å²) in [6.45, 7) is 6.86. The number of halogens is 6. The first-order valence-electron chi connectivity index (χ1n) is 11.3. The van der Waals surface area contributed by atoms with Crippen LogP contribution in [0, 0.1) is 18.3 Å². The molecule has 2 atom stereocenters. The van der Waals surface area contributed by atoms with Gasteiger partial charge in [0.1, 0.15) is 0 Å². The molecule has 0 spiro atoms. The number of carboxylic acids is 2. The number of aromatic nitrogens is 2. The van der Waals surface area contributed by atoms with E-state index in [2.05, 4.69) is 32.4 Å². The smallest absolute Gasteiger partial charge is 0.475 e. The molecule has 0 amide bonds. The van der Waals surface area contributed by atoms with Crippen molar-refractivity contribution < 1.29 is 50.9 Å². The molecule has 1 saturated heterocycles. The van der Waals surface area contributed by atoms with Gasteiger partial charge in [-0.1, -0.05) is 12.5 Å². The van der Waals surface area contributed by atoms with Crippen LogP contribution in [-0.4, -0.2) is 69.1 Å². The van der Waals surface area contributed by atoms with Crippen molar-refractivity contribution in [1.29, 1.82) is 0 Å². The van der Waals surface area contributed by atoms with E-state index in [-0.39, 0.29) is 0 Å². The third-order valence-electron chi connectivity index (χ3n) is 6.01. The van der Waals surface area contributed by atoms with Gasteiger partial charge in [0, 0.05) is 36.6 Å². The number of hydrogen-bond donors (Lipinski definition) is 2. The molecule has 0 radical (unpaired) electrons. The molecule has 3 heterocycles. The minimum Gasteiger partial charge on any atom is -0.475 e. The number of pyridine rings is 1. The van der Waals surface area contributed by atoms with Crippen molar-refractivity contribution >= 4 is 23.3 Å². The van der Waals surface area contributed by atoms with Crippen molar-refractivity contribution in [3.63, 3.8) is 0 Å². The number of rotatable bonds is 6. The summed E-state index contributed by atoms with van der Waals surface area (Å²) in [7, 11) is 0. The Labute approximate surface area is 218 Å². The quantitative estimate of drug-likeness (QED) is 0.470. The van der Waals surface area contributed by atoms with Crippen LogP contribution in [0.5, 0.6) is 0 Å². The Morgan fingerprint density at radius 1 is 1.13 bits per heavy atom. The van der Waals surface area contributed by atoms with Gasteiger partial charge in [-0.15, -0.1) is 11.3 Å². The summed E-state index contributed by atoms with van der Waals surface area (Å²) in [5.41, 5.74) is 2.60. The number of nitrogens with zero attached hydrogens (tertiary/aromatic N) is 3. The highest BCUT2D eigenvalue weighted by Crippen LogP contribution is 2.49. The van der Waals surface area contributed by atoms with E-state index in [4.69, 9.17) is 24.5 Å². The lowest BCUT2D eigenvalue weighted by atomic mass is 9.81. The minimum atomic E-state index is -5.08. The lowest BCUT2D eigenvalue weighted by Gasteiger charge is -2.28. The van der Waals surface area contributed by atoms with E-state index in [0.29, 0.717) is 12.0 Å². The molecule has 0 aromatic carbocycles. The molecule has 2 aromatic heterocycles. The molecule has 8 nitrogen and oxygen atoms in total. The Balaban J connectivity index is 0.000000301. The standard InChI is InChI=1S/C19H25N3OS.2C2HF3O2/c1-15-21-18(12-24-15)11-23-14-19-7-4-5-16(19)9-22(13-19)10-17-6-2-3-8-20-17;2*3-2(4,5)1(6)7/h2-3,6,8,12,16H,4-5,7,9-11,13-14H2,1H3;2*(H,6,7)/t16-,19+;;/m1../s1. The first-order chi connectivity index (χ1) is 17.6. The van der Waals surface area contributed by atoms with Gasteiger partial charge in [-0.2, -0.15) is 26.3 Å². The largest absolute Gasteiger partial charge is 0.490 e. The fourth-order valence-corrected chi connectivity index (χ4v) is 5.03. The van der Waals surface area contributed by atoms with Crippen LogP contribution in [-0.2, 0) is 27.5 Å². The fraction of sp³-hybridized carbons (Fsp3) is 0.565. The molecule has 2 N–H and O–H groups in total. The lowest BCUT2D eigenvalue weighted by Crippen LogP contribution is -2.32. The zero-order valence-electron chi connectivity index (χ0n) is 20.3. The van der Waals surface area contributed by atoms with Crippen LogP contribution >= 0.6 is 11.3 Å². The zero-order valence-corrected chi connectivity index (χ0v) is 21.1. The van der Waals surface area contributed by atoms with E-state index in [1.54, 1.807) is 11.3 Å². The zero-order chi connectivity index (χ0) is 28.6. The highest BCUT2D eigenvalue weighted by atomic mass is 32.1. The Bertz CT molecular complexity index is 1030. The number of likely N-dealkylation sites (tertiary alicyclic amines) is 1. The van der Waals surface area contributed by atoms with Gasteiger partial charge in [0.25, 0.3) is 0 Å². The summed E-state index contributed by atoms with van der Waals surface area (Å²) >= 11 is 1.70. The van der Waals surface area contributed by atoms with Gasteiger partial charge in [-0.25, -0.2) is 14.6 Å². The van der Waals surface area contributed by atoms with Crippen molar-refractivity contribution in [3.8, 4) is 0 Å². The molecule has 4 rings (SSSR count). The van der Waals surface area contributed by atoms with E-state index in [1.807, 2.05) is 19.2 Å². The molecular formula is C23H27F6N3O5S. The average Bonchev–Trinajstić information content (AvgIpc) is 3.48. The maximum atomic E-state index is 10.6. The lowest BCUT2D eigenvalue weighted by molar-refractivity contribution is -0.193. The molecule has 1 aliphatic carbocycles. The SMILES string of the molecule is Cc1nc(COC[C@@]23CCC[C@@H]2CN(Cc2ccccn2)C3)cs1.O=C(O)C(F)(F)F.O=C(O)C(F)(F)F. The first-order valence-corrected chi connectivity index (χ1v) is 12.2. The Morgan fingerprint density at radius 3 is 2.26 bits per heavy atom. The van der Waals surface area contributed by atoms with Crippen LogP contribution in [0.4, 0.5) is 26.3 Å². The average molecular weight is 572 g/mol. The highest BCUT2D eigenvalue weighted by molar-refractivity contribution is 7.09. The molecule has 15 heteroatoms.